The van der Waals surface area contributed by atoms with Gasteiger partial charge in [-0.25, -0.2) is 0 Å². The Balaban J connectivity index is 1.79. The van der Waals surface area contributed by atoms with E-state index in [2.05, 4.69) is 36.9 Å². The van der Waals surface area contributed by atoms with Crippen molar-refractivity contribution in [3.05, 3.63) is 35.4 Å². The number of hydrogen-bond acceptors (Lipinski definition) is 2. The summed E-state index contributed by atoms with van der Waals surface area (Å²) in [4.78, 5) is 15.4. The molecule has 2 heteroatoms. The molecule has 0 amide bonds. The summed E-state index contributed by atoms with van der Waals surface area (Å²) in [6.07, 6.45) is 7.65. The Morgan fingerprint density at radius 2 is 1.81 bits per heavy atom. The van der Waals surface area contributed by atoms with Gasteiger partial charge in [0.05, 0.1) is 5.54 Å². The summed E-state index contributed by atoms with van der Waals surface area (Å²) in [7, 11) is 0. The summed E-state index contributed by atoms with van der Waals surface area (Å²) >= 11 is 0. The first-order valence-electron chi connectivity index (χ1n) is 8.49. The summed E-state index contributed by atoms with van der Waals surface area (Å²) in [6, 6.07) is 8.40. The van der Waals surface area contributed by atoms with Crippen LogP contribution in [0.4, 0.5) is 0 Å². The highest BCUT2D eigenvalue weighted by Crippen LogP contribution is 2.37. The van der Waals surface area contributed by atoms with Crippen molar-refractivity contribution in [3.8, 4) is 0 Å². The van der Waals surface area contributed by atoms with Crippen LogP contribution in [0.15, 0.2) is 24.3 Å². The Labute approximate surface area is 128 Å². The van der Waals surface area contributed by atoms with Crippen LogP contribution in [0.2, 0.25) is 0 Å². The minimum absolute atomic E-state index is 0.283. The summed E-state index contributed by atoms with van der Waals surface area (Å²) < 4.78 is 0. The highest BCUT2D eigenvalue weighted by Gasteiger charge is 2.35. The van der Waals surface area contributed by atoms with Gasteiger partial charge in [0.1, 0.15) is 0 Å². The molecule has 2 aliphatic rings. The molecule has 0 aromatic heterocycles. The third kappa shape index (κ3) is 2.91. The smallest absolute Gasteiger partial charge is 0.182 e. The van der Waals surface area contributed by atoms with Crippen LogP contribution in [0.3, 0.4) is 0 Å². The van der Waals surface area contributed by atoms with E-state index < -0.39 is 0 Å². The second-order valence-electron chi connectivity index (χ2n) is 7.19. The third-order valence-electron chi connectivity index (χ3n) is 5.43. The molecule has 0 N–H and O–H groups in total. The average molecular weight is 285 g/mol. The van der Waals surface area contributed by atoms with E-state index in [-0.39, 0.29) is 11.3 Å². The normalized spacial score (nSPS) is 21.0. The van der Waals surface area contributed by atoms with Gasteiger partial charge >= 0.3 is 0 Å². The minimum Gasteiger partial charge on any atom is -0.292 e. The molecule has 3 rings (SSSR count). The lowest BCUT2D eigenvalue weighted by Gasteiger charge is -2.40. The summed E-state index contributed by atoms with van der Waals surface area (Å²) in [5.74, 6) is 0.974. The van der Waals surface area contributed by atoms with Crippen molar-refractivity contribution in [2.45, 2.75) is 63.8 Å². The first kappa shape index (κ1) is 14.8. The van der Waals surface area contributed by atoms with Gasteiger partial charge in [0.25, 0.3) is 0 Å². The number of carbonyl (C=O) groups excluding carboxylic acids is 1. The molecule has 0 unspecified atom stereocenters. The van der Waals surface area contributed by atoms with Crippen molar-refractivity contribution in [2.24, 2.45) is 0 Å². The highest BCUT2D eigenvalue weighted by molar-refractivity contribution is 6.02. The lowest BCUT2D eigenvalue weighted by molar-refractivity contribution is 0.0579. The van der Waals surface area contributed by atoms with Crippen LogP contribution in [0.25, 0.3) is 0 Å². The molecule has 1 heterocycles. The fourth-order valence-corrected chi connectivity index (χ4v) is 3.63. The van der Waals surface area contributed by atoms with Gasteiger partial charge in [0, 0.05) is 5.56 Å². The van der Waals surface area contributed by atoms with Crippen LogP contribution in [0, 0.1) is 0 Å². The molecule has 0 spiro atoms. The SMILES string of the molecule is CC(C)(C(=O)c1cccc(C2CCC2)c1)N1CCCCC1. The Morgan fingerprint density at radius 1 is 1.10 bits per heavy atom. The maximum absolute atomic E-state index is 13.0. The van der Waals surface area contributed by atoms with Gasteiger partial charge in [-0.15, -0.1) is 0 Å². The van der Waals surface area contributed by atoms with E-state index in [1.54, 1.807) is 0 Å². The summed E-state index contributed by atoms with van der Waals surface area (Å²) in [6.45, 7) is 6.30. The zero-order valence-electron chi connectivity index (χ0n) is 13.4. The van der Waals surface area contributed by atoms with Crippen LogP contribution in [-0.2, 0) is 0 Å². The number of ketones is 1. The van der Waals surface area contributed by atoms with Gasteiger partial charge in [-0.3, -0.25) is 9.69 Å². The van der Waals surface area contributed by atoms with Gasteiger partial charge in [-0.2, -0.15) is 0 Å². The molecule has 114 valence electrons. The molecule has 1 aliphatic heterocycles. The number of nitrogens with zero attached hydrogens (tertiary/aromatic N) is 1. The lowest BCUT2D eigenvalue weighted by atomic mass is 9.79. The Morgan fingerprint density at radius 3 is 2.43 bits per heavy atom. The molecule has 1 saturated heterocycles. The topological polar surface area (TPSA) is 20.3 Å². The Bertz CT molecular complexity index is 510. The van der Waals surface area contributed by atoms with Gasteiger partial charge < -0.3 is 0 Å². The lowest BCUT2D eigenvalue weighted by Crippen LogP contribution is -2.52. The van der Waals surface area contributed by atoms with Gasteiger partial charge in [-0.1, -0.05) is 31.0 Å². The van der Waals surface area contributed by atoms with Crippen LogP contribution < -0.4 is 0 Å². The van der Waals surface area contributed by atoms with Crippen molar-refractivity contribution in [1.29, 1.82) is 0 Å². The van der Waals surface area contributed by atoms with Crippen molar-refractivity contribution < 1.29 is 4.79 Å². The number of piperidine rings is 1. The number of likely N-dealkylation sites (tertiary alicyclic amines) is 1. The van der Waals surface area contributed by atoms with Crippen molar-refractivity contribution in [2.75, 3.05) is 13.1 Å². The number of hydrogen-bond donors (Lipinski definition) is 0. The molecule has 1 aliphatic carbocycles. The van der Waals surface area contributed by atoms with E-state index in [1.807, 2.05) is 6.07 Å². The van der Waals surface area contributed by atoms with Crippen molar-refractivity contribution >= 4 is 5.78 Å². The maximum atomic E-state index is 13.0. The molecule has 2 nitrogen and oxygen atoms in total. The third-order valence-corrected chi connectivity index (χ3v) is 5.43. The summed E-state index contributed by atoms with van der Waals surface area (Å²) in [5.41, 5.74) is 1.88. The molecule has 0 bridgehead atoms. The molecular weight excluding hydrogens is 258 g/mol. The standard InChI is InChI=1S/C19H27NO/c1-19(2,20-12-4-3-5-13-20)18(21)17-11-7-10-16(14-17)15-8-6-9-15/h7,10-11,14-15H,3-6,8-9,12-13H2,1-2H3. The fraction of sp³-hybridized carbons (Fsp3) is 0.632. The van der Waals surface area contributed by atoms with E-state index >= 15 is 0 Å². The first-order valence-corrected chi connectivity index (χ1v) is 8.49. The van der Waals surface area contributed by atoms with Crippen molar-refractivity contribution in [1.82, 2.24) is 4.90 Å². The van der Waals surface area contributed by atoms with E-state index in [0.717, 1.165) is 18.7 Å². The second-order valence-corrected chi connectivity index (χ2v) is 7.19. The molecule has 1 aromatic carbocycles. The molecule has 1 saturated carbocycles. The second kappa shape index (κ2) is 5.92. The maximum Gasteiger partial charge on any atom is 0.182 e. The molecule has 0 atom stereocenters. The fourth-order valence-electron chi connectivity index (χ4n) is 3.63. The molecule has 1 aromatic rings. The predicted octanol–water partition coefficient (Wildman–Crippen LogP) is 4.40. The zero-order valence-corrected chi connectivity index (χ0v) is 13.4. The number of Topliss-reactive ketones (excluding diaryl/α,β-unsaturated/α-hetero) is 1. The molecule has 21 heavy (non-hydrogen) atoms. The van der Waals surface area contributed by atoms with E-state index in [0.29, 0.717) is 5.92 Å². The van der Waals surface area contributed by atoms with Gasteiger partial charge in [-0.05, 0) is 70.2 Å². The van der Waals surface area contributed by atoms with Gasteiger partial charge in [0.15, 0.2) is 5.78 Å². The Hall–Kier alpha value is -1.15. The van der Waals surface area contributed by atoms with E-state index in [9.17, 15) is 4.79 Å². The van der Waals surface area contributed by atoms with Gasteiger partial charge in [0.2, 0.25) is 0 Å². The van der Waals surface area contributed by atoms with E-state index in [4.69, 9.17) is 0 Å². The Kier molecular flexibility index (Phi) is 4.17. The molecule has 0 radical (unpaired) electrons. The average Bonchev–Trinajstić information content (AvgIpc) is 2.46. The predicted molar refractivity (Wildman–Crippen MR) is 86.9 cm³/mol. The molecular formula is C19H27NO. The number of rotatable bonds is 4. The first-order chi connectivity index (χ1) is 10.1. The quantitative estimate of drug-likeness (QED) is 0.764. The molecule has 2 fully saturated rings. The van der Waals surface area contributed by atoms with Crippen molar-refractivity contribution in [3.63, 3.8) is 0 Å². The van der Waals surface area contributed by atoms with Crippen LogP contribution >= 0.6 is 0 Å². The van der Waals surface area contributed by atoms with Crippen LogP contribution in [0.1, 0.15) is 74.2 Å². The number of carbonyl (C=O) groups is 1. The highest BCUT2D eigenvalue weighted by atomic mass is 16.1. The monoisotopic (exact) mass is 285 g/mol. The minimum atomic E-state index is -0.376. The van der Waals surface area contributed by atoms with Crippen LogP contribution in [0.5, 0.6) is 0 Å². The summed E-state index contributed by atoms with van der Waals surface area (Å²) in [5, 5.41) is 0. The van der Waals surface area contributed by atoms with E-state index in [1.165, 1.54) is 44.1 Å². The number of benzene rings is 1. The van der Waals surface area contributed by atoms with Crippen LogP contribution in [-0.4, -0.2) is 29.3 Å². The zero-order chi connectivity index (χ0) is 14.9. The largest absolute Gasteiger partial charge is 0.292 e.